The highest BCUT2D eigenvalue weighted by molar-refractivity contribution is 6.12. The third-order valence-electron chi connectivity index (χ3n) is 5.84. The van der Waals surface area contributed by atoms with Crippen LogP contribution < -0.4 is 10.2 Å². The molecule has 2 heterocycles. The van der Waals surface area contributed by atoms with Crippen LogP contribution in [0.2, 0.25) is 0 Å². The number of benzene rings is 3. The number of hydrogen-bond donors (Lipinski definition) is 3. The van der Waals surface area contributed by atoms with Gasteiger partial charge in [-0.05, 0) is 48.9 Å². The number of fused-ring (bicyclic) bond motifs is 2. The first-order valence-corrected chi connectivity index (χ1v) is 10.4. The van der Waals surface area contributed by atoms with Gasteiger partial charge in [-0.2, -0.15) is 0 Å². The molecule has 1 aliphatic heterocycles. The van der Waals surface area contributed by atoms with Gasteiger partial charge in [-0.1, -0.05) is 30.2 Å². The van der Waals surface area contributed by atoms with Gasteiger partial charge in [0, 0.05) is 27.9 Å². The van der Waals surface area contributed by atoms with Crippen molar-refractivity contribution in [2.24, 2.45) is 0 Å². The number of rotatable bonds is 3. The van der Waals surface area contributed by atoms with Gasteiger partial charge in [0.15, 0.2) is 5.72 Å². The first-order valence-electron chi connectivity index (χ1n) is 10.4. The van der Waals surface area contributed by atoms with Crippen molar-refractivity contribution in [3.63, 3.8) is 0 Å². The van der Waals surface area contributed by atoms with Crippen molar-refractivity contribution >= 4 is 34.7 Å². The zero-order valence-electron chi connectivity index (χ0n) is 18.4. The Morgan fingerprint density at radius 1 is 1.21 bits per heavy atom. The molecule has 1 aliphatic rings. The lowest BCUT2D eigenvalue weighted by Gasteiger charge is -2.35. The number of ether oxygens (including phenoxy) is 1. The number of aliphatic hydroxyl groups is 1. The molecule has 34 heavy (non-hydrogen) atoms. The molecule has 1 unspecified atom stereocenters. The molecule has 0 bridgehead atoms. The van der Waals surface area contributed by atoms with E-state index in [9.17, 15) is 14.7 Å². The quantitative estimate of drug-likeness (QED) is 0.409. The predicted molar refractivity (Wildman–Crippen MR) is 127 cm³/mol. The van der Waals surface area contributed by atoms with Crippen molar-refractivity contribution in [1.82, 2.24) is 9.97 Å². The monoisotopic (exact) mass is 452 g/mol. The second kappa shape index (κ2) is 7.76. The Labute approximate surface area is 195 Å². The lowest BCUT2D eigenvalue weighted by atomic mass is 9.93. The van der Waals surface area contributed by atoms with Crippen LogP contribution in [0, 0.1) is 19.3 Å². The number of aromatic amines is 1. The second-order valence-corrected chi connectivity index (χ2v) is 7.99. The molecule has 8 nitrogen and oxygen atoms in total. The van der Waals surface area contributed by atoms with Crippen molar-refractivity contribution in [3.05, 3.63) is 88.5 Å². The van der Waals surface area contributed by atoms with E-state index in [-0.39, 0.29) is 11.9 Å². The first kappa shape index (κ1) is 21.2. The fourth-order valence-electron chi connectivity index (χ4n) is 4.36. The molecule has 0 spiro atoms. The van der Waals surface area contributed by atoms with E-state index in [2.05, 4.69) is 25.9 Å². The Morgan fingerprint density at radius 3 is 2.76 bits per heavy atom. The smallest absolute Gasteiger partial charge is 0.413 e. The van der Waals surface area contributed by atoms with Crippen LogP contribution in [-0.4, -0.2) is 34.2 Å². The molecule has 0 fully saturated rings. The van der Waals surface area contributed by atoms with Crippen LogP contribution in [0.5, 0.6) is 0 Å². The number of nitrogens with one attached hydrogen (secondary N) is 2. The average molecular weight is 452 g/mol. The number of aryl methyl sites for hydroxylation is 1. The molecular weight excluding hydrogens is 432 g/mol. The van der Waals surface area contributed by atoms with E-state index < -0.39 is 11.8 Å². The minimum Gasteiger partial charge on any atom is -0.453 e. The van der Waals surface area contributed by atoms with Crippen LogP contribution in [0.4, 0.5) is 16.4 Å². The average Bonchev–Trinajstić information content (AvgIpc) is 3.34. The summed E-state index contributed by atoms with van der Waals surface area (Å²) in [5.74, 6) is 2.46. The van der Waals surface area contributed by atoms with E-state index in [4.69, 9.17) is 6.42 Å². The van der Waals surface area contributed by atoms with Crippen LogP contribution in [-0.2, 0) is 10.5 Å². The van der Waals surface area contributed by atoms with E-state index in [1.165, 1.54) is 12.0 Å². The molecule has 168 valence electrons. The third-order valence-corrected chi connectivity index (χ3v) is 5.84. The number of carbonyl (C=O) groups is 2. The standard InChI is InChI=1S/C26H20N4O4/c1-4-16-11-15(2)12-18(13-16)30-23(31)19-7-5-6-8-20(19)26(30,33)17-9-10-21-22(14-17)28-24(27-21)29-25(32)34-3/h1,5-14,33H,2-3H3,(H2,27,28,29,32). The lowest BCUT2D eigenvalue weighted by molar-refractivity contribution is 0.0704. The summed E-state index contributed by atoms with van der Waals surface area (Å²) in [7, 11) is 1.26. The fraction of sp³-hybridized carbons (Fsp3) is 0.115. The summed E-state index contributed by atoms with van der Waals surface area (Å²) in [5, 5.41) is 14.7. The van der Waals surface area contributed by atoms with E-state index in [1.54, 1.807) is 48.5 Å². The van der Waals surface area contributed by atoms with Crippen LogP contribution in [0.15, 0.2) is 60.7 Å². The zero-order valence-corrected chi connectivity index (χ0v) is 18.4. The van der Waals surface area contributed by atoms with Gasteiger partial charge in [0.1, 0.15) is 0 Å². The maximum atomic E-state index is 13.6. The van der Waals surface area contributed by atoms with Gasteiger partial charge in [-0.25, -0.2) is 9.78 Å². The van der Waals surface area contributed by atoms with Crippen LogP contribution in [0.1, 0.15) is 32.6 Å². The largest absolute Gasteiger partial charge is 0.453 e. The summed E-state index contributed by atoms with van der Waals surface area (Å²) >= 11 is 0. The molecule has 3 N–H and O–H groups in total. The number of imidazole rings is 1. The SMILES string of the molecule is C#Cc1cc(C)cc(N2C(=O)c3ccccc3C2(O)c2ccc3nc(NC(=O)OC)[nH]c3c2)c1. The minimum atomic E-state index is -1.80. The number of carbonyl (C=O) groups excluding carboxylic acids is 2. The molecule has 0 saturated carbocycles. The summed E-state index contributed by atoms with van der Waals surface area (Å²) < 4.78 is 4.61. The molecule has 0 radical (unpaired) electrons. The van der Waals surface area contributed by atoms with Crippen LogP contribution >= 0.6 is 0 Å². The Hall–Kier alpha value is -4.61. The molecule has 4 aromatic rings. The van der Waals surface area contributed by atoms with Crippen molar-refractivity contribution in [3.8, 4) is 12.3 Å². The Bertz CT molecular complexity index is 1520. The Kier molecular flexibility index (Phi) is 4.85. The first-order chi connectivity index (χ1) is 16.3. The highest BCUT2D eigenvalue weighted by atomic mass is 16.5. The van der Waals surface area contributed by atoms with Crippen molar-refractivity contribution in [1.29, 1.82) is 0 Å². The van der Waals surface area contributed by atoms with Gasteiger partial charge < -0.3 is 14.8 Å². The van der Waals surface area contributed by atoms with Crippen molar-refractivity contribution in [2.75, 3.05) is 17.3 Å². The number of methoxy groups -OCH3 is 1. The number of anilines is 2. The summed E-state index contributed by atoms with van der Waals surface area (Å²) in [6.45, 7) is 1.88. The van der Waals surface area contributed by atoms with E-state index in [1.807, 2.05) is 19.1 Å². The van der Waals surface area contributed by atoms with E-state index in [0.717, 1.165) is 5.56 Å². The predicted octanol–water partition coefficient (Wildman–Crippen LogP) is 3.88. The normalized spacial score (nSPS) is 16.9. The lowest BCUT2D eigenvalue weighted by Crippen LogP contribution is -2.45. The number of terminal acetylenes is 1. The molecule has 2 amide bonds. The number of amides is 2. The van der Waals surface area contributed by atoms with Gasteiger partial charge in [0.25, 0.3) is 5.91 Å². The highest BCUT2D eigenvalue weighted by Crippen LogP contribution is 2.45. The highest BCUT2D eigenvalue weighted by Gasteiger charge is 2.50. The number of hydrogen-bond acceptors (Lipinski definition) is 5. The van der Waals surface area contributed by atoms with Gasteiger partial charge in [0.05, 0.1) is 18.1 Å². The van der Waals surface area contributed by atoms with E-state index >= 15 is 0 Å². The molecule has 1 atom stereocenters. The third kappa shape index (κ3) is 3.18. The molecule has 0 saturated heterocycles. The molecular formula is C26H20N4O4. The molecule has 5 rings (SSSR count). The summed E-state index contributed by atoms with van der Waals surface area (Å²) in [5.41, 5.74) is 2.55. The summed E-state index contributed by atoms with van der Waals surface area (Å²) in [6, 6.07) is 17.4. The van der Waals surface area contributed by atoms with Gasteiger partial charge >= 0.3 is 6.09 Å². The summed E-state index contributed by atoms with van der Waals surface area (Å²) in [6.07, 6.45) is 4.96. The van der Waals surface area contributed by atoms with Crippen molar-refractivity contribution in [2.45, 2.75) is 12.6 Å². The maximum absolute atomic E-state index is 13.6. The van der Waals surface area contributed by atoms with Gasteiger partial charge in [0.2, 0.25) is 5.95 Å². The fourth-order valence-corrected chi connectivity index (χ4v) is 4.36. The number of nitrogens with zero attached hydrogens (tertiary/aromatic N) is 2. The summed E-state index contributed by atoms with van der Waals surface area (Å²) in [4.78, 5) is 33.8. The topological polar surface area (TPSA) is 108 Å². The second-order valence-electron chi connectivity index (χ2n) is 7.99. The van der Waals surface area contributed by atoms with Gasteiger partial charge in [-0.15, -0.1) is 6.42 Å². The molecule has 1 aromatic heterocycles. The van der Waals surface area contributed by atoms with Crippen LogP contribution in [0.25, 0.3) is 11.0 Å². The van der Waals surface area contributed by atoms with E-state index in [0.29, 0.717) is 39.0 Å². The number of H-pyrrole nitrogens is 1. The molecule has 8 heteroatoms. The Balaban J connectivity index is 1.70. The van der Waals surface area contributed by atoms with Crippen molar-refractivity contribution < 1.29 is 19.4 Å². The van der Waals surface area contributed by atoms with Crippen LogP contribution in [0.3, 0.4) is 0 Å². The Morgan fingerprint density at radius 2 is 2.00 bits per heavy atom. The zero-order chi connectivity index (χ0) is 24.0. The molecule has 0 aliphatic carbocycles. The number of aromatic nitrogens is 2. The molecule has 3 aromatic carbocycles. The minimum absolute atomic E-state index is 0.197. The maximum Gasteiger partial charge on any atom is 0.413 e. The van der Waals surface area contributed by atoms with Gasteiger partial charge in [-0.3, -0.25) is 15.0 Å².